The third-order valence-electron chi connectivity index (χ3n) is 13.8. The first-order valence-corrected chi connectivity index (χ1v) is 28.0. The molecule has 3 atom stereocenters. The Bertz CT molecular complexity index is 3150. The first-order valence-electron chi connectivity index (χ1n) is 28.0. The van der Waals surface area contributed by atoms with Gasteiger partial charge in [0, 0.05) is 25.2 Å². The summed E-state index contributed by atoms with van der Waals surface area (Å²) in [6.45, 7) is 7.98. The Morgan fingerprint density at radius 1 is 0.679 bits per heavy atom. The van der Waals surface area contributed by atoms with E-state index < -0.39 is 72.6 Å². The van der Waals surface area contributed by atoms with Gasteiger partial charge < -0.3 is 48.9 Å². The number of benzene rings is 5. The number of carbonyl (C=O) groups excluding carboxylic acids is 8. The second kappa shape index (κ2) is 32.5. The number of hydrogen-bond acceptors (Lipinski definition) is 16. The highest BCUT2D eigenvalue weighted by molar-refractivity contribution is 6.00. The lowest BCUT2D eigenvalue weighted by atomic mass is 9.90. The third-order valence-corrected chi connectivity index (χ3v) is 13.8. The SMILES string of the molecule is CCCCCC(C(=O)NCNC(=O)c1ccc(-c2ccc(C(=O)NC(CC(=O)OCc3ccccc3)C(=O)OCc3ccccc3)c(OCC(=O)OCc3ccccc3)c2)o1)C(CC)N(C=O)OC(=O)c1ccc(CN2CCOCC2)cc1C. The number of hydrogen-bond donors (Lipinski definition) is 3. The second-order valence-electron chi connectivity index (χ2n) is 20.0. The number of amides is 4. The third kappa shape index (κ3) is 19.0. The zero-order chi connectivity index (χ0) is 59.6. The average molecular weight is 1150 g/mol. The maximum absolute atomic E-state index is 14.2. The minimum absolute atomic E-state index is 0.0499. The Morgan fingerprint density at radius 3 is 1.93 bits per heavy atom. The first kappa shape index (κ1) is 62.5. The number of ether oxygens (including phenoxy) is 5. The average Bonchev–Trinajstić information content (AvgIpc) is 4.22. The van der Waals surface area contributed by atoms with E-state index in [2.05, 4.69) is 20.9 Å². The molecule has 3 unspecified atom stereocenters. The highest BCUT2D eigenvalue weighted by Crippen LogP contribution is 2.30. The van der Waals surface area contributed by atoms with E-state index >= 15 is 0 Å². The summed E-state index contributed by atoms with van der Waals surface area (Å²) < 4.78 is 33.8. The van der Waals surface area contributed by atoms with Gasteiger partial charge in [-0.2, -0.15) is 5.06 Å². The molecule has 0 radical (unpaired) electrons. The van der Waals surface area contributed by atoms with Crippen molar-refractivity contribution in [3.63, 3.8) is 0 Å². The number of nitrogens with zero attached hydrogens (tertiary/aromatic N) is 2. The smallest absolute Gasteiger partial charge is 0.363 e. The van der Waals surface area contributed by atoms with E-state index in [1.807, 2.05) is 31.2 Å². The zero-order valence-corrected chi connectivity index (χ0v) is 47.4. The van der Waals surface area contributed by atoms with Crippen LogP contribution in [0.4, 0.5) is 0 Å². The lowest BCUT2D eigenvalue weighted by Gasteiger charge is -2.32. The second-order valence-corrected chi connectivity index (χ2v) is 20.0. The number of nitrogens with one attached hydrogen (secondary N) is 3. The normalized spacial score (nSPS) is 13.2. The van der Waals surface area contributed by atoms with Gasteiger partial charge in [0.25, 0.3) is 11.8 Å². The highest BCUT2D eigenvalue weighted by Gasteiger charge is 2.34. The quantitative estimate of drug-likeness (QED) is 0.00927. The zero-order valence-electron chi connectivity index (χ0n) is 47.4. The van der Waals surface area contributed by atoms with Crippen LogP contribution < -0.4 is 20.7 Å². The fraction of sp³-hybridized carbons (Fsp3) is 0.344. The topological polar surface area (TPSA) is 248 Å². The van der Waals surface area contributed by atoms with E-state index in [0.717, 1.165) is 42.1 Å². The molecule has 1 aliphatic heterocycles. The summed E-state index contributed by atoms with van der Waals surface area (Å²) in [5, 5.41) is 8.87. The van der Waals surface area contributed by atoms with E-state index in [1.54, 1.807) is 98.8 Å². The molecule has 1 fully saturated rings. The van der Waals surface area contributed by atoms with Crippen LogP contribution in [-0.2, 0) is 74.1 Å². The van der Waals surface area contributed by atoms with Crippen LogP contribution in [0.1, 0.15) is 111 Å². The minimum atomic E-state index is -1.52. The van der Waals surface area contributed by atoms with Crippen molar-refractivity contribution in [3.05, 3.63) is 184 Å². The van der Waals surface area contributed by atoms with Gasteiger partial charge in [-0.1, -0.05) is 142 Å². The molecule has 20 nitrogen and oxygen atoms in total. The van der Waals surface area contributed by atoms with Gasteiger partial charge in [-0.3, -0.25) is 28.9 Å². The summed E-state index contributed by atoms with van der Waals surface area (Å²) in [6, 6.07) is 36.9. The van der Waals surface area contributed by atoms with Crippen LogP contribution in [-0.4, -0.2) is 110 Å². The fourth-order valence-corrected chi connectivity index (χ4v) is 9.30. The molecule has 6 aromatic rings. The predicted octanol–water partition coefficient (Wildman–Crippen LogP) is 8.19. The van der Waals surface area contributed by atoms with Gasteiger partial charge >= 0.3 is 23.9 Å². The summed E-state index contributed by atoms with van der Waals surface area (Å²) in [7, 11) is 0. The maximum Gasteiger partial charge on any atom is 0.363 e. The monoisotopic (exact) mass is 1150 g/mol. The molecule has 2 heterocycles. The van der Waals surface area contributed by atoms with Gasteiger partial charge in [-0.25, -0.2) is 14.4 Å². The van der Waals surface area contributed by atoms with Crippen molar-refractivity contribution in [2.45, 2.75) is 97.7 Å². The van der Waals surface area contributed by atoms with Crippen LogP contribution in [0.15, 0.2) is 144 Å². The molecule has 0 spiro atoms. The molecule has 1 aliphatic rings. The molecule has 3 N–H and O–H groups in total. The molecular formula is C64H71N5O15. The van der Waals surface area contributed by atoms with Gasteiger partial charge in [0.2, 0.25) is 12.3 Å². The van der Waals surface area contributed by atoms with Gasteiger partial charge in [0.05, 0.1) is 49.4 Å². The first-order chi connectivity index (χ1) is 40.8. The number of carbonyl (C=O) groups is 8. The summed E-state index contributed by atoms with van der Waals surface area (Å²) in [4.78, 5) is 116. The van der Waals surface area contributed by atoms with Crippen LogP contribution in [0, 0.1) is 12.8 Å². The molecule has 84 heavy (non-hydrogen) atoms. The fourth-order valence-electron chi connectivity index (χ4n) is 9.30. The largest absolute Gasteiger partial charge is 0.481 e. The Kier molecular flexibility index (Phi) is 24.2. The molecule has 5 aromatic carbocycles. The summed E-state index contributed by atoms with van der Waals surface area (Å²) in [6.07, 6.45) is 2.75. The summed E-state index contributed by atoms with van der Waals surface area (Å²) >= 11 is 0. The number of hydroxylamine groups is 2. The number of aryl methyl sites for hydroxylation is 1. The standard InChI is InChI=1S/C64H71N5O15/c1-4-6-10-23-51(54(5-2)69(43-70)84-63(76)50-26-24-48(34-44(50)3)37-68-30-32-78-33-31-68)60(73)65-42-66-62(75)56-29-28-55(83-56)49-25-27-52(57(35-49)79-41-59(72)81-39-46-19-13-8-14-20-46)61(74)67-53(64(77)82-40-47-21-15-9-16-22-47)36-58(71)80-38-45-17-11-7-12-18-45/h7-9,11-22,24-29,34-35,43,51,53-54H,4-6,10,23,30-33,36-42H2,1-3H3,(H,65,73)(H,66,75)(H,67,74). The highest BCUT2D eigenvalue weighted by atomic mass is 16.7. The molecule has 0 aliphatic carbocycles. The van der Waals surface area contributed by atoms with Gasteiger partial charge in [-0.05, 0) is 77.9 Å². The number of unbranched alkanes of at least 4 members (excludes halogenated alkanes) is 2. The molecular weight excluding hydrogens is 1080 g/mol. The van der Waals surface area contributed by atoms with E-state index in [0.29, 0.717) is 61.3 Å². The Morgan fingerprint density at radius 2 is 1.31 bits per heavy atom. The summed E-state index contributed by atoms with van der Waals surface area (Å²) in [5.74, 6) is -6.26. The van der Waals surface area contributed by atoms with E-state index in [9.17, 15) is 38.4 Å². The maximum atomic E-state index is 14.2. The van der Waals surface area contributed by atoms with Crippen LogP contribution >= 0.6 is 0 Å². The van der Waals surface area contributed by atoms with Crippen LogP contribution in [0.5, 0.6) is 5.75 Å². The van der Waals surface area contributed by atoms with Crippen molar-refractivity contribution in [2.75, 3.05) is 39.6 Å². The van der Waals surface area contributed by atoms with Crippen LogP contribution in [0.3, 0.4) is 0 Å². The number of esters is 3. The van der Waals surface area contributed by atoms with Crippen LogP contribution in [0.25, 0.3) is 11.3 Å². The lowest BCUT2D eigenvalue weighted by Crippen LogP contribution is -2.49. The van der Waals surface area contributed by atoms with E-state index in [1.165, 1.54) is 30.3 Å². The molecule has 4 amide bonds. The molecule has 7 rings (SSSR count). The van der Waals surface area contributed by atoms with E-state index in [4.69, 9.17) is 32.9 Å². The van der Waals surface area contributed by atoms with Crippen molar-refractivity contribution in [3.8, 4) is 17.1 Å². The molecule has 1 saturated heterocycles. The molecule has 0 bridgehead atoms. The molecule has 442 valence electrons. The number of rotatable bonds is 31. The van der Waals surface area contributed by atoms with E-state index in [-0.39, 0.29) is 61.3 Å². The van der Waals surface area contributed by atoms with Gasteiger partial charge in [-0.15, -0.1) is 0 Å². The lowest BCUT2D eigenvalue weighted by molar-refractivity contribution is -0.171. The van der Waals surface area contributed by atoms with Crippen LogP contribution in [0.2, 0.25) is 0 Å². The van der Waals surface area contributed by atoms with Crippen molar-refractivity contribution in [2.24, 2.45) is 5.92 Å². The van der Waals surface area contributed by atoms with Gasteiger partial charge in [0.1, 0.15) is 37.4 Å². The minimum Gasteiger partial charge on any atom is -0.481 e. The van der Waals surface area contributed by atoms with Crippen molar-refractivity contribution in [1.82, 2.24) is 25.9 Å². The molecule has 20 heteroatoms. The number of furan rings is 1. The molecule has 0 saturated carbocycles. The van der Waals surface area contributed by atoms with Crippen molar-refractivity contribution >= 4 is 48.0 Å². The Balaban J connectivity index is 1.02. The Hall–Kier alpha value is -9.14. The Labute approximate surface area is 488 Å². The summed E-state index contributed by atoms with van der Waals surface area (Å²) in [5.41, 5.74) is 4.23. The predicted molar refractivity (Wildman–Crippen MR) is 307 cm³/mol. The van der Waals surface area contributed by atoms with Crippen molar-refractivity contribution < 1.29 is 71.3 Å². The number of morpholine rings is 1. The van der Waals surface area contributed by atoms with Gasteiger partial charge in [0.15, 0.2) is 12.4 Å². The van der Waals surface area contributed by atoms with Crippen molar-refractivity contribution in [1.29, 1.82) is 0 Å². The molecule has 1 aromatic heterocycles.